The zero-order valence-electron chi connectivity index (χ0n) is 17.2. The van der Waals surface area contributed by atoms with Crippen LogP contribution in [0.15, 0.2) is 59.8 Å². The molecule has 0 fully saturated rings. The van der Waals surface area contributed by atoms with E-state index in [1.165, 1.54) is 0 Å². The maximum atomic E-state index is 12.7. The summed E-state index contributed by atoms with van der Waals surface area (Å²) in [7, 11) is 0. The minimum absolute atomic E-state index is 0.0345. The van der Waals surface area contributed by atoms with Crippen LogP contribution in [0.5, 0.6) is 0 Å². The highest BCUT2D eigenvalue weighted by Crippen LogP contribution is 2.22. The average molecular weight is 424 g/mol. The molecule has 1 aliphatic rings. The number of unbranched alkanes of at least 4 members (excludes halogenated alkanes) is 1. The zero-order valence-corrected chi connectivity index (χ0v) is 17.2. The van der Waals surface area contributed by atoms with Gasteiger partial charge in [-0.05, 0) is 43.4 Å². The fraction of sp³-hybridized carbons (Fsp3) is 0.304. The number of carbonyl (C=O) groups excluding carboxylic acids is 3. The second kappa shape index (κ2) is 10.9. The summed E-state index contributed by atoms with van der Waals surface area (Å²) in [6, 6.07) is 16.2. The Kier molecular flexibility index (Phi) is 7.75. The highest BCUT2D eigenvalue weighted by molar-refractivity contribution is 6.30. The highest BCUT2D eigenvalue weighted by atomic mass is 16.6. The second-order valence-corrected chi connectivity index (χ2v) is 7.00. The van der Waals surface area contributed by atoms with Crippen molar-refractivity contribution in [2.75, 3.05) is 11.5 Å². The number of ether oxygens (including phenoxy) is 2. The third-order valence-corrected chi connectivity index (χ3v) is 4.70. The zero-order chi connectivity index (χ0) is 22.1. The molecule has 2 aromatic rings. The molecule has 1 aliphatic heterocycles. The number of rotatable bonds is 8. The van der Waals surface area contributed by atoms with E-state index in [-0.39, 0.29) is 19.0 Å². The molecule has 2 amide bonds. The van der Waals surface area contributed by atoms with Crippen molar-refractivity contribution in [1.82, 2.24) is 0 Å². The lowest BCUT2D eigenvalue weighted by Crippen LogP contribution is -2.38. The molecule has 1 heterocycles. The Morgan fingerprint density at radius 3 is 2.42 bits per heavy atom. The normalized spacial score (nSPS) is 14.7. The van der Waals surface area contributed by atoms with Gasteiger partial charge in [-0.1, -0.05) is 53.7 Å². The number of anilines is 1. The molecule has 8 heteroatoms. The maximum Gasteiger partial charge on any atom is 0.424 e. The van der Waals surface area contributed by atoms with Gasteiger partial charge in [0.15, 0.2) is 6.10 Å². The van der Waals surface area contributed by atoms with E-state index in [4.69, 9.17) is 14.3 Å². The van der Waals surface area contributed by atoms with E-state index < -0.39 is 18.3 Å². The molecule has 0 spiro atoms. The van der Waals surface area contributed by atoms with Gasteiger partial charge in [0.1, 0.15) is 12.8 Å². The summed E-state index contributed by atoms with van der Waals surface area (Å²) in [5, 5.41) is 3.48. The molecule has 162 valence electrons. The summed E-state index contributed by atoms with van der Waals surface area (Å²) < 4.78 is 10.7. The van der Waals surface area contributed by atoms with Gasteiger partial charge in [0.05, 0.1) is 12.3 Å². The quantitative estimate of drug-likeness (QED) is 0.583. The Morgan fingerprint density at radius 2 is 1.71 bits per heavy atom. The van der Waals surface area contributed by atoms with E-state index in [0.717, 1.165) is 22.2 Å². The van der Waals surface area contributed by atoms with Crippen molar-refractivity contribution in [1.29, 1.82) is 0 Å². The molecular weight excluding hydrogens is 400 g/mol. The molecule has 2 aromatic carbocycles. The first-order valence-electron chi connectivity index (χ1n) is 10.0. The third-order valence-electron chi connectivity index (χ3n) is 4.70. The lowest BCUT2D eigenvalue weighted by Gasteiger charge is -2.21. The molecule has 8 nitrogen and oxygen atoms in total. The number of Topliss-reactive ketones (excluding diaryl/α,β-unsaturated/α-hetero) is 1. The molecule has 0 aromatic heterocycles. The Balaban J connectivity index is 1.56. The van der Waals surface area contributed by atoms with Crippen molar-refractivity contribution < 1.29 is 28.7 Å². The van der Waals surface area contributed by atoms with Gasteiger partial charge < -0.3 is 14.3 Å². The molecular formula is C23H24N2O6. The maximum absolute atomic E-state index is 12.7. The lowest BCUT2D eigenvalue weighted by molar-refractivity contribution is -0.120. The summed E-state index contributed by atoms with van der Waals surface area (Å²) >= 11 is 0. The van der Waals surface area contributed by atoms with E-state index in [9.17, 15) is 14.4 Å². The standard InChI is InChI=1S/C23H24N2O6/c1-17-9-5-6-12-19(17)25(23(28)30-16-18-10-3-2-4-11-18)22(27)29-14-8-7-13-21-20(26)15-24-31-21/h2-6,9-12,15,21H,7-8,13-14,16H2,1H3. The first-order valence-corrected chi connectivity index (χ1v) is 10.0. The van der Waals surface area contributed by atoms with Gasteiger partial charge in [0.2, 0.25) is 5.78 Å². The van der Waals surface area contributed by atoms with E-state index in [0.29, 0.717) is 24.9 Å². The van der Waals surface area contributed by atoms with Gasteiger partial charge in [-0.3, -0.25) is 4.79 Å². The number of para-hydroxylation sites is 1. The van der Waals surface area contributed by atoms with Gasteiger partial charge in [-0.2, -0.15) is 4.90 Å². The van der Waals surface area contributed by atoms with Crippen LogP contribution in [0.4, 0.5) is 15.3 Å². The molecule has 1 unspecified atom stereocenters. The number of nitrogens with zero attached hydrogens (tertiary/aromatic N) is 2. The number of imide groups is 1. The number of amides is 2. The van der Waals surface area contributed by atoms with Crippen molar-refractivity contribution in [2.24, 2.45) is 5.16 Å². The largest absolute Gasteiger partial charge is 0.449 e. The Labute approximate surface area is 180 Å². The van der Waals surface area contributed by atoms with E-state index >= 15 is 0 Å². The molecule has 3 rings (SSSR count). The Morgan fingerprint density at radius 1 is 1.00 bits per heavy atom. The van der Waals surface area contributed by atoms with E-state index in [2.05, 4.69) is 5.16 Å². The van der Waals surface area contributed by atoms with Gasteiger partial charge in [0, 0.05) is 0 Å². The van der Waals surface area contributed by atoms with Crippen LogP contribution in [0.3, 0.4) is 0 Å². The van der Waals surface area contributed by atoms with Crippen LogP contribution >= 0.6 is 0 Å². The predicted molar refractivity (Wildman–Crippen MR) is 114 cm³/mol. The van der Waals surface area contributed by atoms with Crippen LogP contribution in [-0.4, -0.2) is 36.9 Å². The molecule has 0 N–H and O–H groups in total. The molecule has 0 aliphatic carbocycles. The number of carbonyl (C=O) groups is 3. The molecule has 0 saturated carbocycles. The summed E-state index contributed by atoms with van der Waals surface area (Å²) in [4.78, 5) is 42.8. The van der Waals surface area contributed by atoms with Crippen LogP contribution in [0.25, 0.3) is 0 Å². The van der Waals surface area contributed by atoms with Gasteiger partial charge in [0.25, 0.3) is 0 Å². The van der Waals surface area contributed by atoms with Crippen LogP contribution in [0.2, 0.25) is 0 Å². The van der Waals surface area contributed by atoms with E-state index in [1.807, 2.05) is 36.4 Å². The van der Waals surface area contributed by atoms with Crippen LogP contribution in [-0.2, 0) is 25.7 Å². The Hall–Kier alpha value is -3.68. The fourth-order valence-electron chi connectivity index (χ4n) is 3.01. The van der Waals surface area contributed by atoms with Gasteiger partial charge >= 0.3 is 12.2 Å². The number of oxime groups is 1. The first kappa shape index (κ1) is 22.0. The molecule has 0 saturated heterocycles. The molecule has 31 heavy (non-hydrogen) atoms. The molecule has 0 bridgehead atoms. The monoisotopic (exact) mass is 424 g/mol. The SMILES string of the molecule is Cc1ccccc1N(C(=O)OCCCCC1ON=CC1=O)C(=O)OCc1ccccc1. The smallest absolute Gasteiger partial charge is 0.424 e. The van der Waals surface area contributed by atoms with Crippen molar-refractivity contribution in [3.63, 3.8) is 0 Å². The fourth-order valence-corrected chi connectivity index (χ4v) is 3.01. The van der Waals surface area contributed by atoms with Crippen molar-refractivity contribution in [2.45, 2.75) is 38.9 Å². The summed E-state index contributed by atoms with van der Waals surface area (Å²) in [5.74, 6) is -0.163. The third kappa shape index (κ3) is 6.15. The Bertz CT molecular complexity index is 944. The average Bonchev–Trinajstić information content (AvgIpc) is 3.19. The highest BCUT2D eigenvalue weighted by Gasteiger charge is 2.28. The number of ketones is 1. The van der Waals surface area contributed by atoms with Gasteiger partial charge in [-0.25, -0.2) is 9.59 Å². The summed E-state index contributed by atoms with van der Waals surface area (Å²) in [6.45, 7) is 1.92. The van der Waals surface area contributed by atoms with Gasteiger partial charge in [-0.15, -0.1) is 0 Å². The molecule has 1 atom stereocenters. The minimum atomic E-state index is -0.816. The van der Waals surface area contributed by atoms with Crippen LogP contribution in [0, 0.1) is 6.92 Å². The first-order chi connectivity index (χ1) is 15.1. The molecule has 0 radical (unpaired) electrons. The number of hydrogen-bond donors (Lipinski definition) is 0. The van der Waals surface area contributed by atoms with Crippen molar-refractivity contribution >= 4 is 29.9 Å². The number of aryl methyl sites for hydroxylation is 1. The summed E-state index contributed by atoms with van der Waals surface area (Å²) in [6.07, 6.45) is 0.569. The number of hydrogen-bond acceptors (Lipinski definition) is 7. The lowest BCUT2D eigenvalue weighted by atomic mass is 10.1. The summed E-state index contributed by atoms with van der Waals surface area (Å²) in [5.41, 5.74) is 1.93. The van der Waals surface area contributed by atoms with Crippen LogP contribution in [0.1, 0.15) is 30.4 Å². The topological polar surface area (TPSA) is 94.5 Å². The van der Waals surface area contributed by atoms with E-state index in [1.54, 1.807) is 25.1 Å². The van der Waals surface area contributed by atoms with Crippen molar-refractivity contribution in [3.8, 4) is 0 Å². The minimum Gasteiger partial charge on any atom is -0.449 e. The second-order valence-electron chi connectivity index (χ2n) is 7.00. The van der Waals surface area contributed by atoms with Crippen LogP contribution < -0.4 is 4.90 Å². The predicted octanol–water partition coefficient (Wildman–Crippen LogP) is 4.40. The van der Waals surface area contributed by atoms with Crippen molar-refractivity contribution in [3.05, 3.63) is 65.7 Å². The number of benzene rings is 2.